The molecule has 0 unspecified atom stereocenters. The maximum Gasteiger partial charge on any atom is 0.253 e. The number of rotatable bonds is 8. The highest BCUT2D eigenvalue weighted by atomic mass is 127. The summed E-state index contributed by atoms with van der Waals surface area (Å²) in [6, 6.07) is 15.7. The molecule has 2 N–H and O–H groups in total. The molecular formula is C22H31IN4O2. The predicted molar refractivity (Wildman–Crippen MR) is 130 cm³/mol. The molecular weight excluding hydrogens is 479 g/mol. The van der Waals surface area contributed by atoms with Crippen LogP contribution in [0.25, 0.3) is 0 Å². The zero-order chi connectivity index (χ0) is 20.4. The third-order valence-corrected chi connectivity index (χ3v) is 4.19. The first kappa shape index (κ1) is 24.7. The van der Waals surface area contributed by atoms with Crippen LogP contribution in [0.5, 0.6) is 5.75 Å². The summed E-state index contributed by atoms with van der Waals surface area (Å²) in [4.78, 5) is 17.9. The van der Waals surface area contributed by atoms with Crippen molar-refractivity contribution in [2.45, 2.75) is 13.3 Å². The normalized spacial score (nSPS) is 10.7. The van der Waals surface area contributed by atoms with Gasteiger partial charge in [0.15, 0.2) is 5.96 Å². The summed E-state index contributed by atoms with van der Waals surface area (Å²) in [5, 5.41) is 6.52. The van der Waals surface area contributed by atoms with Gasteiger partial charge in [-0.1, -0.05) is 29.8 Å². The lowest BCUT2D eigenvalue weighted by Crippen LogP contribution is -2.40. The van der Waals surface area contributed by atoms with Gasteiger partial charge in [-0.3, -0.25) is 9.79 Å². The highest BCUT2D eigenvalue weighted by Gasteiger charge is 2.08. The van der Waals surface area contributed by atoms with Crippen LogP contribution in [-0.4, -0.2) is 57.6 Å². The molecule has 0 saturated carbocycles. The van der Waals surface area contributed by atoms with Gasteiger partial charge in [0.05, 0.1) is 6.54 Å². The van der Waals surface area contributed by atoms with Crippen LogP contribution in [0.15, 0.2) is 53.5 Å². The number of carbonyl (C=O) groups is 1. The molecule has 2 rings (SSSR count). The molecule has 0 spiro atoms. The van der Waals surface area contributed by atoms with E-state index in [4.69, 9.17) is 4.74 Å². The second-order valence-corrected chi connectivity index (χ2v) is 6.74. The molecule has 29 heavy (non-hydrogen) atoms. The number of benzene rings is 2. The molecule has 0 aliphatic heterocycles. The van der Waals surface area contributed by atoms with E-state index >= 15 is 0 Å². The number of nitrogens with zero attached hydrogens (tertiary/aromatic N) is 2. The Balaban J connectivity index is 0.00000420. The van der Waals surface area contributed by atoms with Crippen molar-refractivity contribution in [1.82, 2.24) is 15.5 Å². The van der Waals surface area contributed by atoms with Gasteiger partial charge in [0.25, 0.3) is 5.91 Å². The summed E-state index contributed by atoms with van der Waals surface area (Å²) in [5.41, 5.74) is 3.03. The van der Waals surface area contributed by atoms with E-state index in [0.29, 0.717) is 18.7 Å². The van der Waals surface area contributed by atoms with Crippen molar-refractivity contribution in [2.24, 2.45) is 4.99 Å². The number of hydrogen-bond donors (Lipinski definition) is 2. The maximum atomic E-state index is 12.1. The minimum Gasteiger partial charge on any atom is -0.492 e. The first-order chi connectivity index (χ1) is 13.5. The molecule has 0 radical (unpaired) electrons. The van der Waals surface area contributed by atoms with Crippen molar-refractivity contribution in [3.05, 3.63) is 65.2 Å². The third-order valence-electron chi connectivity index (χ3n) is 4.19. The van der Waals surface area contributed by atoms with E-state index in [-0.39, 0.29) is 29.9 Å². The fourth-order valence-corrected chi connectivity index (χ4v) is 2.64. The summed E-state index contributed by atoms with van der Waals surface area (Å²) in [5.74, 6) is 1.61. The standard InChI is InChI=1S/C22H30N4O2.HI/c1-17-8-10-20(11-9-17)28-15-14-25-22(23-2)24-13-12-18-6-5-7-19(16-18)21(27)26(3)4;/h5-11,16H,12-15H2,1-4H3,(H2,23,24,25);1H. The van der Waals surface area contributed by atoms with Crippen LogP contribution in [0, 0.1) is 6.92 Å². The molecule has 0 bridgehead atoms. The number of carbonyl (C=O) groups excluding carboxylic acids is 1. The molecule has 6 nitrogen and oxygen atoms in total. The van der Waals surface area contributed by atoms with Crippen molar-refractivity contribution < 1.29 is 9.53 Å². The van der Waals surface area contributed by atoms with Gasteiger partial charge in [-0.25, -0.2) is 0 Å². The van der Waals surface area contributed by atoms with Crippen LogP contribution in [0.4, 0.5) is 0 Å². The third kappa shape index (κ3) is 8.72. The van der Waals surface area contributed by atoms with Gasteiger partial charge in [-0.2, -0.15) is 0 Å². The van der Waals surface area contributed by atoms with Gasteiger partial charge in [0.1, 0.15) is 12.4 Å². The minimum atomic E-state index is 0. The predicted octanol–water partition coefficient (Wildman–Crippen LogP) is 3.10. The Kier molecular flexibility index (Phi) is 11.1. The first-order valence-corrected chi connectivity index (χ1v) is 9.44. The van der Waals surface area contributed by atoms with Crippen molar-refractivity contribution in [1.29, 1.82) is 0 Å². The zero-order valence-corrected chi connectivity index (χ0v) is 19.9. The molecule has 0 atom stereocenters. The van der Waals surface area contributed by atoms with Crippen molar-refractivity contribution >= 4 is 35.8 Å². The van der Waals surface area contributed by atoms with Gasteiger partial charge >= 0.3 is 0 Å². The average Bonchev–Trinajstić information content (AvgIpc) is 2.70. The second kappa shape index (κ2) is 13.0. The summed E-state index contributed by atoms with van der Waals surface area (Å²) in [6.45, 7) is 3.98. The van der Waals surface area contributed by atoms with Crippen LogP contribution < -0.4 is 15.4 Å². The van der Waals surface area contributed by atoms with Gasteiger partial charge < -0.3 is 20.3 Å². The molecule has 158 valence electrons. The van der Waals surface area contributed by atoms with Gasteiger partial charge in [0.2, 0.25) is 0 Å². The topological polar surface area (TPSA) is 66.0 Å². The van der Waals surface area contributed by atoms with Crippen LogP contribution in [0.2, 0.25) is 0 Å². The quantitative estimate of drug-likeness (QED) is 0.248. The van der Waals surface area contributed by atoms with E-state index in [1.807, 2.05) is 48.5 Å². The Morgan fingerprint density at radius 3 is 2.41 bits per heavy atom. The van der Waals surface area contributed by atoms with Crippen LogP contribution in [0.1, 0.15) is 21.5 Å². The van der Waals surface area contributed by atoms with Crippen molar-refractivity contribution in [3.63, 3.8) is 0 Å². The van der Waals surface area contributed by atoms with E-state index < -0.39 is 0 Å². The number of hydrogen-bond acceptors (Lipinski definition) is 3. The minimum absolute atomic E-state index is 0. The van der Waals surface area contributed by atoms with E-state index in [0.717, 1.165) is 30.2 Å². The number of amides is 1. The van der Waals surface area contributed by atoms with Gasteiger partial charge in [-0.15, -0.1) is 24.0 Å². The van der Waals surface area contributed by atoms with Crippen molar-refractivity contribution in [3.8, 4) is 5.75 Å². The van der Waals surface area contributed by atoms with Crippen molar-refractivity contribution in [2.75, 3.05) is 40.8 Å². The molecule has 0 saturated heterocycles. The lowest BCUT2D eigenvalue weighted by molar-refractivity contribution is 0.0827. The molecule has 0 heterocycles. The summed E-state index contributed by atoms with van der Waals surface area (Å²) < 4.78 is 5.70. The number of nitrogens with one attached hydrogen (secondary N) is 2. The lowest BCUT2D eigenvalue weighted by Gasteiger charge is -2.13. The lowest BCUT2D eigenvalue weighted by atomic mass is 10.1. The Morgan fingerprint density at radius 1 is 1.07 bits per heavy atom. The molecule has 2 aromatic rings. The molecule has 0 aliphatic rings. The Bertz CT molecular complexity index is 792. The number of ether oxygens (including phenoxy) is 1. The number of aliphatic imine (C=N–C) groups is 1. The van der Waals surface area contributed by atoms with E-state index in [2.05, 4.69) is 22.5 Å². The van der Waals surface area contributed by atoms with Crippen LogP contribution >= 0.6 is 24.0 Å². The first-order valence-electron chi connectivity index (χ1n) is 9.44. The molecule has 0 fully saturated rings. The number of guanidine groups is 1. The second-order valence-electron chi connectivity index (χ2n) is 6.74. The van der Waals surface area contributed by atoms with E-state index in [1.54, 1.807) is 26.0 Å². The molecule has 2 aromatic carbocycles. The summed E-state index contributed by atoms with van der Waals surface area (Å²) >= 11 is 0. The smallest absolute Gasteiger partial charge is 0.253 e. The Morgan fingerprint density at radius 2 is 1.76 bits per heavy atom. The van der Waals surface area contributed by atoms with Gasteiger partial charge in [0, 0.05) is 33.3 Å². The average molecular weight is 510 g/mol. The molecule has 0 aliphatic carbocycles. The van der Waals surface area contributed by atoms with E-state index in [9.17, 15) is 4.79 Å². The largest absolute Gasteiger partial charge is 0.492 e. The van der Waals surface area contributed by atoms with Gasteiger partial charge in [-0.05, 0) is 43.2 Å². The Labute approximate surface area is 190 Å². The monoisotopic (exact) mass is 510 g/mol. The summed E-state index contributed by atoms with van der Waals surface area (Å²) in [6.07, 6.45) is 0.801. The highest BCUT2D eigenvalue weighted by molar-refractivity contribution is 14.0. The fraction of sp³-hybridized carbons (Fsp3) is 0.364. The molecule has 0 aromatic heterocycles. The maximum absolute atomic E-state index is 12.1. The van der Waals surface area contributed by atoms with E-state index in [1.165, 1.54) is 5.56 Å². The number of aryl methyl sites for hydroxylation is 1. The number of halogens is 1. The zero-order valence-electron chi connectivity index (χ0n) is 17.6. The molecule has 7 heteroatoms. The SMILES string of the molecule is CN=C(NCCOc1ccc(C)cc1)NCCc1cccc(C(=O)N(C)C)c1.I. The summed E-state index contributed by atoms with van der Waals surface area (Å²) in [7, 11) is 5.26. The highest BCUT2D eigenvalue weighted by Crippen LogP contribution is 2.10. The molecule has 1 amide bonds. The Hall–Kier alpha value is -2.29. The fourth-order valence-electron chi connectivity index (χ4n) is 2.64. The van der Waals surface area contributed by atoms with Crippen LogP contribution in [0.3, 0.4) is 0 Å². The van der Waals surface area contributed by atoms with Crippen LogP contribution in [-0.2, 0) is 6.42 Å².